The highest BCUT2D eigenvalue weighted by Gasteiger charge is 2.26. The van der Waals surface area contributed by atoms with Crippen LogP contribution in [0.2, 0.25) is 0 Å². The normalized spacial score (nSPS) is 15.4. The summed E-state index contributed by atoms with van der Waals surface area (Å²) < 4.78 is 25.1. The van der Waals surface area contributed by atoms with E-state index in [1.54, 1.807) is 26.1 Å². The van der Waals surface area contributed by atoms with Crippen LogP contribution in [0.4, 0.5) is 5.82 Å². The molecule has 7 nitrogen and oxygen atoms in total. The molecule has 0 saturated carbocycles. The Bertz CT molecular complexity index is 900. The van der Waals surface area contributed by atoms with Crippen LogP contribution in [0.15, 0.2) is 23.1 Å². The van der Waals surface area contributed by atoms with E-state index in [-0.39, 0.29) is 11.7 Å². The lowest BCUT2D eigenvalue weighted by molar-refractivity contribution is 0.0951. The monoisotopic (exact) mass is 334 g/mol. The summed E-state index contributed by atoms with van der Waals surface area (Å²) in [7, 11) is -1.44. The van der Waals surface area contributed by atoms with E-state index in [2.05, 4.69) is 10.4 Å². The highest BCUT2D eigenvalue weighted by molar-refractivity contribution is 7.91. The molecule has 23 heavy (non-hydrogen) atoms. The van der Waals surface area contributed by atoms with Gasteiger partial charge in [-0.1, -0.05) is 12.1 Å². The number of amides is 1. The molecular formula is C15H18N4O3S. The number of nitrogens with one attached hydrogen (secondary N) is 1. The highest BCUT2D eigenvalue weighted by Crippen LogP contribution is 2.26. The average Bonchev–Trinajstić information content (AvgIpc) is 2.93. The number of carbonyl (C=O) groups is 1. The molecule has 0 bridgehead atoms. The summed E-state index contributed by atoms with van der Waals surface area (Å²) in [4.78, 5) is 12.7. The summed E-state index contributed by atoms with van der Waals surface area (Å²) in [5, 5.41) is 6.91. The van der Waals surface area contributed by atoms with Crippen molar-refractivity contribution in [1.29, 1.82) is 0 Å². The van der Waals surface area contributed by atoms with Crippen molar-refractivity contribution in [1.82, 2.24) is 15.1 Å². The van der Waals surface area contributed by atoms with E-state index in [1.165, 1.54) is 4.68 Å². The second-order valence-corrected chi connectivity index (χ2v) is 7.74. The first-order valence-electron chi connectivity index (χ1n) is 7.21. The molecule has 2 heterocycles. The van der Waals surface area contributed by atoms with Crippen molar-refractivity contribution in [3.8, 4) is 0 Å². The maximum atomic E-state index is 12.3. The number of hydrogen-bond donors (Lipinski definition) is 2. The van der Waals surface area contributed by atoms with Crippen molar-refractivity contribution in [3.63, 3.8) is 0 Å². The van der Waals surface area contributed by atoms with Gasteiger partial charge >= 0.3 is 0 Å². The number of nitrogen functional groups attached to an aromatic ring is 1. The fourth-order valence-electron chi connectivity index (χ4n) is 2.82. The Kier molecular flexibility index (Phi) is 3.63. The van der Waals surface area contributed by atoms with Crippen molar-refractivity contribution in [2.75, 3.05) is 11.5 Å². The smallest absolute Gasteiger partial charge is 0.257 e. The van der Waals surface area contributed by atoms with Crippen LogP contribution in [0.5, 0.6) is 0 Å². The van der Waals surface area contributed by atoms with Crippen LogP contribution in [0, 0.1) is 6.92 Å². The molecule has 0 spiro atoms. The first-order valence-corrected chi connectivity index (χ1v) is 8.86. The van der Waals surface area contributed by atoms with Gasteiger partial charge in [-0.2, -0.15) is 5.10 Å². The van der Waals surface area contributed by atoms with E-state index in [9.17, 15) is 13.2 Å². The molecule has 0 unspecified atom stereocenters. The van der Waals surface area contributed by atoms with Crippen molar-refractivity contribution in [3.05, 3.63) is 40.6 Å². The number of aryl methyl sites for hydroxylation is 3. The summed E-state index contributed by atoms with van der Waals surface area (Å²) in [6.07, 6.45) is 0.522. The molecule has 2 aromatic rings. The second kappa shape index (κ2) is 5.38. The Hall–Kier alpha value is -2.35. The first-order chi connectivity index (χ1) is 10.8. The second-order valence-electron chi connectivity index (χ2n) is 5.66. The third-order valence-corrected chi connectivity index (χ3v) is 5.86. The molecule has 0 atom stereocenters. The molecule has 3 N–H and O–H groups in total. The number of rotatable bonds is 3. The third-order valence-electron chi connectivity index (χ3n) is 4.05. The quantitative estimate of drug-likeness (QED) is 0.853. The molecule has 0 radical (unpaired) electrons. The molecule has 8 heteroatoms. The summed E-state index contributed by atoms with van der Waals surface area (Å²) in [6, 6.07) is 5.17. The molecule has 1 aromatic carbocycles. The Morgan fingerprint density at radius 1 is 1.43 bits per heavy atom. The minimum Gasteiger partial charge on any atom is -0.383 e. The van der Waals surface area contributed by atoms with Gasteiger partial charge in [0.05, 0.1) is 16.3 Å². The van der Waals surface area contributed by atoms with Crippen LogP contribution < -0.4 is 11.1 Å². The number of aromatic nitrogens is 2. The highest BCUT2D eigenvalue weighted by atomic mass is 32.2. The first kappa shape index (κ1) is 15.5. The molecule has 1 aromatic heterocycles. The number of benzene rings is 1. The molecule has 0 fully saturated rings. The molecule has 1 aliphatic heterocycles. The van der Waals surface area contributed by atoms with E-state index in [4.69, 9.17) is 5.73 Å². The maximum absolute atomic E-state index is 12.3. The van der Waals surface area contributed by atoms with Crippen molar-refractivity contribution < 1.29 is 13.2 Å². The number of anilines is 1. The minimum absolute atomic E-state index is 0.156. The predicted molar refractivity (Wildman–Crippen MR) is 85.7 cm³/mol. The maximum Gasteiger partial charge on any atom is 0.257 e. The molecule has 1 amide bonds. The third kappa shape index (κ3) is 2.70. The van der Waals surface area contributed by atoms with Gasteiger partial charge in [0, 0.05) is 13.6 Å². The van der Waals surface area contributed by atoms with Crippen LogP contribution in [-0.2, 0) is 29.9 Å². The van der Waals surface area contributed by atoms with Crippen molar-refractivity contribution in [2.24, 2.45) is 7.05 Å². The van der Waals surface area contributed by atoms with E-state index < -0.39 is 9.84 Å². The number of nitrogens with two attached hydrogens (primary N) is 1. The number of nitrogens with zero attached hydrogens (tertiary/aromatic N) is 2. The summed E-state index contributed by atoms with van der Waals surface area (Å²) in [5.41, 5.74) is 8.46. The van der Waals surface area contributed by atoms with Gasteiger partial charge in [0.1, 0.15) is 11.4 Å². The van der Waals surface area contributed by atoms with Crippen LogP contribution in [-0.4, -0.2) is 29.9 Å². The lowest BCUT2D eigenvalue weighted by atomic mass is 10.1. The lowest BCUT2D eigenvalue weighted by Crippen LogP contribution is -2.24. The molecule has 3 rings (SSSR count). The van der Waals surface area contributed by atoms with E-state index >= 15 is 0 Å². The summed E-state index contributed by atoms with van der Waals surface area (Å²) in [6.45, 7) is 2.03. The number of sulfone groups is 1. The fourth-order valence-corrected chi connectivity index (χ4v) is 4.37. The SMILES string of the molecule is Cc1nn(C)c(N)c1C(=O)NCc1ccc2c(c1)CCS2(=O)=O. The van der Waals surface area contributed by atoms with Gasteiger partial charge in [-0.05, 0) is 30.5 Å². The Balaban J connectivity index is 1.76. The van der Waals surface area contributed by atoms with Crippen molar-refractivity contribution in [2.45, 2.75) is 24.8 Å². The van der Waals surface area contributed by atoms with Gasteiger partial charge in [-0.3, -0.25) is 9.48 Å². The Morgan fingerprint density at radius 3 is 2.83 bits per heavy atom. The van der Waals surface area contributed by atoms with Crippen LogP contribution >= 0.6 is 0 Å². The van der Waals surface area contributed by atoms with E-state index in [0.717, 1.165) is 11.1 Å². The minimum atomic E-state index is -3.12. The zero-order valence-corrected chi connectivity index (χ0v) is 13.8. The zero-order valence-electron chi connectivity index (χ0n) is 13.0. The summed E-state index contributed by atoms with van der Waals surface area (Å²) >= 11 is 0. The van der Waals surface area contributed by atoms with Gasteiger partial charge in [0.25, 0.3) is 5.91 Å². The van der Waals surface area contributed by atoms with Crippen LogP contribution in [0.3, 0.4) is 0 Å². The molecule has 0 saturated heterocycles. The molecule has 1 aliphatic rings. The standard InChI is InChI=1S/C15H18N4O3S/c1-9-13(14(16)19(2)18-9)15(20)17-8-10-3-4-12-11(7-10)5-6-23(12,21)22/h3-4,7H,5-6,8,16H2,1-2H3,(H,17,20). The van der Waals surface area contributed by atoms with Crippen LogP contribution in [0.25, 0.3) is 0 Å². The van der Waals surface area contributed by atoms with Gasteiger partial charge in [0.2, 0.25) is 0 Å². The van der Waals surface area contributed by atoms with Gasteiger partial charge in [-0.15, -0.1) is 0 Å². The largest absolute Gasteiger partial charge is 0.383 e. The number of hydrogen-bond acceptors (Lipinski definition) is 5. The van der Waals surface area contributed by atoms with E-state index in [1.807, 2.05) is 6.07 Å². The van der Waals surface area contributed by atoms with Gasteiger partial charge in [-0.25, -0.2) is 8.42 Å². The van der Waals surface area contributed by atoms with Crippen molar-refractivity contribution >= 4 is 21.6 Å². The number of carbonyl (C=O) groups excluding carboxylic acids is 1. The van der Waals surface area contributed by atoms with E-state index in [0.29, 0.717) is 34.9 Å². The Morgan fingerprint density at radius 2 is 2.17 bits per heavy atom. The van der Waals surface area contributed by atoms with Gasteiger partial charge in [0.15, 0.2) is 9.84 Å². The lowest BCUT2D eigenvalue weighted by Gasteiger charge is -2.07. The molecular weight excluding hydrogens is 316 g/mol. The van der Waals surface area contributed by atoms with Crippen LogP contribution in [0.1, 0.15) is 27.2 Å². The fraction of sp³-hybridized carbons (Fsp3) is 0.333. The predicted octanol–water partition coefficient (Wildman–Crippen LogP) is 0.571. The number of fused-ring (bicyclic) bond motifs is 1. The Labute approximate surface area is 134 Å². The molecule has 122 valence electrons. The average molecular weight is 334 g/mol. The summed E-state index contributed by atoms with van der Waals surface area (Å²) in [5.74, 6) is 0.185. The topological polar surface area (TPSA) is 107 Å². The molecule has 0 aliphatic carbocycles. The zero-order chi connectivity index (χ0) is 16.8. The van der Waals surface area contributed by atoms with Gasteiger partial charge < -0.3 is 11.1 Å².